The second-order valence-corrected chi connectivity index (χ2v) is 5.10. The molecule has 0 amide bonds. The van der Waals surface area contributed by atoms with Crippen LogP contribution in [-0.2, 0) is 12.6 Å². The van der Waals surface area contributed by atoms with E-state index in [1.165, 1.54) is 9.25 Å². The SMILES string of the molecule is Cc1ccc2c(c1)-n1c(nn(C)c1=O)C(C)(O)CO2. The van der Waals surface area contributed by atoms with Crippen molar-refractivity contribution in [3.63, 3.8) is 0 Å². The zero-order valence-corrected chi connectivity index (χ0v) is 11.0. The molecule has 6 nitrogen and oxygen atoms in total. The van der Waals surface area contributed by atoms with E-state index in [1.54, 1.807) is 20.0 Å². The monoisotopic (exact) mass is 261 g/mol. The Labute approximate surface area is 109 Å². The predicted molar refractivity (Wildman–Crippen MR) is 68.6 cm³/mol. The van der Waals surface area contributed by atoms with Crippen molar-refractivity contribution in [2.45, 2.75) is 19.4 Å². The fraction of sp³-hybridized carbons (Fsp3) is 0.385. The molecule has 2 heterocycles. The van der Waals surface area contributed by atoms with Crippen LogP contribution in [-0.4, -0.2) is 26.1 Å². The van der Waals surface area contributed by atoms with Gasteiger partial charge < -0.3 is 9.84 Å². The summed E-state index contributed by atoms with van der Waals surface area (Å²) in [6.45, 7) is 3.58. The molecular weight excluding hydrogens is 246 g/mol. The van der Waals surface area contributed by atoms with Crippen LogP contribution in [0.5, 0.6) is 5.75 Å². The molecule has 1 aromatic heterocycles. The first-order chi connectivity index (χ1) is 8.90. The smallest absolute Gasteiger partial charge is 0.350 e. The molecule has 2 aromatic rings. The highest BCUT2D eigenvalue weighted by molar-refractivity contribution is 5.50. The summed E-state index contributed by atoms with van der Waals surface area (Å²) in [6, 6.07) is 5.55. The van der Waals surface area contributed by atoms with Crippen LogP contribution in [0.25, 0.3) is 5.69 Å². The highest BCUT2D eigenvalue weighted by atomic mass is 16.5. The molecule has 1 aliphatic rings. The third-order valence-corrected chi connectivity index (χ3v) is 3.27. The van der Waals surface area contributed by atoms with Gasteiger partial charge in [-0.15, -0.1) is 0 Å². The molecular formula is C13H15N3O3. The summed E-state index contributed by atoms with van der Waals surface area (Å²) in [5.41, 5.74) is 0.0111. The molecule has 0 fully saturated rings. The number of aryl methyl sites for hydroxylation is 2. The molecule has 6 heteroatoms. The third-order valence-electron chi connectivity index (χ3n) is 3.27. The van der Waals surface area contributed by atoms with Crippen molar-refractivity contribution >= 4 is 0 Å². The van der Waals surface area contributed by atoms with E-state index >= 15 is 0 Å². The number of rotatable bonds is 0. The van der Waals surface area contributed by atoms with Gasteiger partial charge >= 0.3 is 5.69 Å². The standard InChI is InChI=1S/C13H15N3O3/c1-8-4-5-10-9(6-8)16-11(13(2,18)7-19-10)14-15(3)12(16)17/h4-6,18H,7H2,1-3H3. The van der Waals surface area contributed by atoms with Crippen LogP contribution in [0.1, 0.15) is 18.3 Å². The van der Waals surface area contributed by atoms with Gasteiger partial charge in [-0.05, 0) is 31.5 Å². The van der Waals surface area contributed by atoms with Crippen LogP contribution in [0.3, 0.4) is 0 Å². The lowest BCUT2D eigenvalue weighted by molar-refractivity contribution is 0.00200. The van der Waals surface area contributed by atoms with Gasteiger partial charge in [-0.3, -0.25) is 0 Å². The van der Waals surface area contributed by atoms with Crippen molar-refractivity contribution in [3.05, 3.63) is 40.1 Å². The van der Waals surface area contributed by atoms with Gasteiger partial charge in [-0.2, -0.15) is 5.10 Å². The Balaban J connectivity index is 2.41. The number of hydrogen-bond acceptors (Lipinski definition) is 4. The van der Waals surface area contributed by atoms with E-state index in [0.717, 1.165) is 5.56 Å². The molecule has 1 N–H and O–H groups in total. The van der Waals surface area contributed by atoms with E-state index in [0.29, 0.717) is 17.3 Å². The topological polar surface area (TPSA) is 69.3 Å². The summed E-state index contributed by atoms with van der Waals surface area (Å²) in [6.07, 6.45) is 0. The van der Waals surface area contributed by atoms with Crippen LogP contribution in [0, 0.1) is 6.92 Å². The zero-order chi connectivity index (χ0) is 13.8. The van der Waals surface area contributed by atoms with Crippen molar-refractivity contribution in [1.82, 2.24) is 14.3 Å². The summed E-state index contributed by atoms with van der Waals surface area (Å²) in [5, 5.41) is 14.6. The normalized spacial score (nSPS) is 21.3. The van der Waals surface area contributed by atoms with Crippen LogP contribution in [0.2, 0.25) is 0 Å². The Morgan fingerprint density at radius 2 is 2.21 bits per heavy atom. The first kappa shape index (κ1) is 12.0. The molecule has 0 spiro atoms. The molecule has 3 rings (SSSR count). The van der Waals surface area contributed by atoms with Gasteiger partial charge in [0.15, 0.2) is 11.4 Å². The molecule has 100 valence electrons. The van der Waals surface area contributed by atoms with Gasteiger partial charge in [0.25, 0.3) is 0 Å². The minimum atomic E-state index is -1.31. The fourth-order valence-corrected chi connectivity index (χ4v) is 2.24. The van der Waals surface area contributed by atoms with Crippen molar-refractivity contribution in [3.8, 4) is 11.4 Å². The number of fused-ring (bicyclic) bond motifs is 3. The van der Waals surface area contributed by atoms with Gasteiger partial charge in [0.2, 0.25) is 0 Å². The summed E-state index contributed by atoms with van der Waals surface area (Å²) >= 11 is 0. The maximum atomic E-state index is 12.2. The van der Waals surface area contributed by atoms with E-state index in [-0.39, 0.29) is 12.3 Å². The lowest BCUT2D eigenvalue weighted by Crippen LogP contribution is -2.32. The Morgan fingerprint density at radius 3 is 2.95 bits per heavy atom. The van der Waals surface area contributed by atoms with Crippen LogP contribution in [0.4, 0.5) is 0 Å². The Hall–Kier alpha value is -2.08. The maximum Gasteiger partial charge on any atom is 0.350 e. The minimum Gasteiger partial charge on any atom is -0.488 e. The highest BCUT2D eigenvalue weighted by Crippen LogP contribution is 2.32. The summed E-state index contributed by atoms with van der Waals surface area (Å²) in [7, 11) is 1.57. The second-order valence-electron chi connectivity index (χ2n) is 5.10. The summed E-state index contributed by atoms with van der Waals surface area (Å²) in [5.74, 6) is 0.865. The molecule has 0 radical (unpaired) electrons. The lowest BCUT2D eigenvalue weighted by Gasteiger charge is -2.18. The Kier molecular flexibility index (Phi) is 2.34. The highest BCUT2D eigenvalue weighted by Gasteiger charge is 2.36. The third kappa shape index (κ3) is 1.67. The predicted octanol–water partition coefficient (Wildman–Crippen LogP) is 0.479. The molecule has 19 heavy (non-hydrogen) atoms. The molecule has 0 bridgehead atoms. The first-order valence-corrected chi connectivity index (χ1v) is 6.03. The quantitative estimate of drug-likeness (QED) is 0.749. The zero-order valence-electron chi connectivity index (χ0n) is 11.0. The van der Waals surface area contributed by atoms with Crippen LogP contribution < -0.4 is 10.4 Å². The van der Waals surface area contributed by atoms with E-state index in [1.807, 2.05) is 19.1 Å². The average molecular weight is 261 g/mol. The molecule has 1 aromatic carbocycles. The van der Waals surface area contributed by atoms with E-state index in [9.17, 15) is 9.90 Å². The van der Waals surface area contributed by atoms with Gasteiger partial charge in [0.05, 0.1) is 5.69 Å². The second kappa shape index (κ2) is 3.71. The van der Waals surface area contributed by atoms with Crippen LogP contribution >= 0.6 is 0 Å². The summed E-state index contributed by atoms with van der Waals surface area (Å²) in [4.78, 5) is 12.2. The van der Waals surface area contributed by atoms with E-state index in [4.69, 9.17) is 4.74 Å². The van der Waals surface area contributed by atoms with Crippen molar-refractivity contribution in [2.75, 3.05) is 6.61 Å². The van der Waals surface area contributed by atoms with Gasteiger partial charge in [0, 0.05) is 7.05 Å². The Morgan fingerprint density at radius 1 is 1.47 bits per heavy atom. The van der Waals surface area contributed by atoms with Crippen molar-refractivity contribution < 1.29 is 9.84 Å². The number of aromatic nitrogens is 3. The molecule has 0 saturated carbocycles. The largest absolute Gasteiger partial charge is 0.488 e. The average Bonchev–Trinajstić information content (AvgIpc) is 2.59. The fourth-order valence-electron chi connectivity index (χ4n) is 2.24. The van der Waals surface area contributed by atoms with Gasteiger partial charge in [-0.25, -0.2) is 14.0 Å². The molecule has 1 atom stereocenters. The van der Waals surface area contributed by atoms with Crippen LogP contribution in [0.15, 0.2) is 23.0 Å². The van der Waals surface area contributed by atoms with E-state index < -0.39 is 5.60 Å². The molecule has 1 unspecified atom stereocenters. The van der Waals surface area contributed by atoms with Crippen molar-refractivity contribution in [1.29, 1.82) is 0 Å². The van der Waals surface area contributed by atoms with Crippen molar-refractivity contribution in [2.24, 2.45) is 7.05 Å². The maximum absolute atomic E-state index is 12.2. The minimum absolute atomic E-state index is 0.0551. The number of aliphatic hydroxyl groups is 1. The summed E-state index contributed by atoms with van der Waals surface area (Å²) < 4.78 is 8.23. The number of ether oxygens (including phenoxy) is 1. The number of hydrogen-bond donors (Lipinski definition) is 1. The first-order valence-electron chi connectivity index (χ1n) is 6.03. The molecule has 0 saturated heterocycles. The van der Waals surface area contributed by atoms with E-state index in [2.05, 4.69) is 5.10 Å². The lowest BCUT2D eigenvalue weighted by atomic mass is 10.1. The van der Waals surface area contributed by atoms with Gasteiger partial charge in [-0.1, -0.05) is 6.07 Å². The molecule has 0 aliphatic carbocycles. The number of nitrogens with zero attached hydrogens (tertiary/aromatic N) is 3. The number of benzene rings is 1. The molecule has 1 aliphatic heterocycles. The van der Waals surface area contributed by atoms with Gasteiger partial charge in [0.1, 0.15) is 12.4 Å². The Bertz CT molecular complexity index is 712.